The summed E-state index contributed by atoms with van der Waals surface area (Å²) in [5, 5.41) is 1.80. The highest BCUT2D eigenvalue weighted by Gasteiger charge is 2.33. The Labute approximate surface area is 120 Å². The van der Waals surface area contributed by atoms with Crippen molar-refractivity contribution in [3.63, 3.8) is 0 Å². The van der Waals surface area contributed by atoms with E-state index in [0.29, 0.717) is 5.16 Å². The van der Waals surface area contributed by atoms with Gasteiger partial charge in [0.25, 0.3) is 0 Å². The normalized spacial score (nSPS) is 13.0. The third-order valence-corrected chi connectivity index (χ3v) is 2.84. The standard InChI is InChI=1S/C13H15ClF3N3/c1-3-4-5-12(14)20(2)19-9-10-8-18-7-6-11(10)13(15,16)17/h3-8,19H,9H2,1-2H3/b4-3-,12-5-. The zero-order chi connectivity index (χ0) is 15.2. The molecule has 0 aromatic carbocycles. The minimum atomic E-state index is -4.40. The van der Waals surface area contributed by atoms with Gasteiger partial charge in [0.05, 0.1) is 5.56 Å². The summed E-state index contributed by atoms with van der Waals surface area (Å²) in [6, 6.07) is 0.953. The molecule has 0 bridgehead atoms. The van der Waals surface area contributed by atoms with Crippen molar-refractivity contribution in [1.29, 1.82) is 0 Å². The maximum absolute atomic E-state index is 12.8. The molecule has 0 saturated carbocycles. The van der Waals surface area contributed by atoms with Gasteiger partial charge in [0.15, 0.2) is 0 Å². The third-order valence-electron chi connectivity index (χ3n) is 2.46. The van der Waals surface area contributed by atoms with Crippen molar-refractivity contribution in [2.75, 3.05) is 7.05 Å². The monoisotopic (exact) mass is 305 g/mol. The molecule has 0 amide bonds. The molecule has 0 radical (unpaired) electrons. The molecule has 1 N–H and O–H groups in total. The van der Waals surface area contributed by atoms with Crippen LogP contribution in [-0.4, -0.2) is 17.0 Å². The van der Waals surface area contributed by atoms with Crippen molar-refractivity contribution in [1.82, 2.24) is 15.4 Å². The number of hydrogen-bond acceptors (Lipinski definition) is 3. The second kappa shape index (κ2) is 7.31. The van der Waals surface area contributed by atoms with E-state index in [1.165, 1.54) is 11.2 Å². The summed E-state index contributed by atoms with van der Waals surface area (Å²) < 4.78 is 38.3. The van der Waals surface area contributed by atoms with Crippen LogP contribution in [-0.2, 0) is 12.7 Å². The summed E-state index contributed by atoms with van der Waals surface area (Å²) in [6.07, 6.45) is 3.05. The van der Waals surface area contributed by atoms with Gasteiger partial charge >= 0.3 is 6.18 Å². The van der Waals surface area contributed by atoms with Crippen LogP contribution in [0.3, 0.4) is 0 Å². The zero-order valence-corrected chi connectivity index (χ0v) is 11.8. The van der Waals surface area contributed by atoms with Gasteiger partial charge in [-0.2, -0.15) is 13.2 Å². The molecule has 7 heteroatoms. The zero-order valence-electron chi connectivity index (χ0n) is 11.1. The molecule has 110 valence electrons. The average molecular weight is 306 g/mol. The molecule has 0 aliphatic rings. The van der Waals surface area contributed by atoms with Gasteiger partial charge in [-0.05, 0) is 24.6 Å². The number of nitrogens with one attached hydrogen (secondary N) is 1. The number of pyridine rings is 1. The molecular weight excluding hydrogens is 291 g/mol. The van der Waals surface area contributed by atoms with E-state index in [-0.39, 0.29) is 12.1 Å². The molecule has 0 aliphatic heterocycles. The van der Waals surface area contributed by atoms with E-state index in [0.717, 1.165) is 12.3 Å². The highest BCUT2D eigenvalue weighted by Crippen LogP contribution is 2.31. The number of aromatic nitrogens is 1. The first-order valence-electron chi connectivity index (χ1n) is 5.82. The summed E-state index contributed by atoms with van der Waals surface area (Å²) >= 11 is 5.94. The van der Waals surface area contributed by atoms with Crippen molar-refractivity contribution < 1.29 is 13.2 Å². The first kappa shape index (κ1) is 16.5. The fourth-order valence-corrected chi connectivity index (χ4v) is 1.54. The van der Waals surface area contributed by atoms with Gasteiger partial charge in [0.2, 0.25) is 0 Å². The van der Waals surface area contributed by atoms with E-state index in [4.69, 9.17) is 11.6 Å². The Kier molecular flexibility index (Phi) is 6.04. The molecule has 0 aliphatic carbocycles. The number of hydrogen-bond donors (Lipinski definition) is 1. The van der Waals surface area contributed by atoms with E-state index in [1.54, 1.807) is 25.3 Å². The number of rotatable bonds is 5. The van der Waals surface area contributed by atoms with E-state index in [1.807, 2.05) is 6.92 Å². The number of nitrogens with zero attached hydrogens (tertiary/aromatic N) is 2. The molecule has 1 heterocycles. The highest BCUT2D eigenvalue weighted by molar-refractivity contribution is 6.29. The van der Waals surface area contributed by atoms with Gasteiger partial charge in [-0.3, -0.25) is 4.98 Å². The predicted octanol–water partition coefficient (Wildman–Crippen LogP) is 3.69. The van der Waals surface area contributed by atoms with Crippen LogP contribution in [0.4, 0.5) is 13.2 Å². The summed E-state index contributed by atoms with van der Waals surface area (Å²) in [5.74, 6) is 0. The van der Waals surface area contributed by atoms with Crippen LogP contribution >= 0.6 is 11.6 Å². The lowest BCUT2D eigenvalue weighted by molar-refractivity contribution is -0.138. The fourth-order valence-electron chi connectivity index (χ4n) is 1.41. The van der Waals surface area contributed by atoms with Gasteiger partial charge in [-0.15, -0.1) is 0 Å². The molecule has 0 fully saturated rings. The second-order valence-corrected chi connectivity index (χ2v) is 4.33. The van der Waals surface area contributed by atoms with Crippen molar-refractivity contribution in [3.8, 4) is 0 Å². The Hall–Kier alpha value is -1.53. The summed E-state index contributed by atoms with van der Waals surface area (Å²) in [5.41, 5.74) is 2.13. The smallest absolute Gasteiger partial charge is 0.301 e. The van der Waals surface area contributed by atoms with Crippen LogP contribution in [0.5, 0.6) is 0 Å². The Morgan fingerprint density at radius 1 is 1.50 bits per heavy atom. The molecule has 1 rings (SSSR count). The molecule has 1 aromatic heterocycles. The third kappa shape index (κ3) is 4.86. The van der Waals surface area contributed by atoms with Gasteiger partial charge in [-0.25, -0.2) is 5.43 Å². The SMILES string of the molecule is C/C=C\C=C(\Cl)N(C)NCc1cnccc1C(F)(F)F. The molecular formula is C13H15ClF3N3. The Bertz CT molecular complexity index is 498. The van der Waals surface area contributed by atoms with Gasteiger partial charge in [0.1, 0.15) is 5.16 Å². The molecule has 0 atom stereocenters. The molecule has 0 unspecified atom stereocenters. The quantitative estimate of drug-likeness (QED) is 0.511. The lowest BCUT2D eigenvalue weighted by Crippen LogP contribution is -2.32. The van der Waals surface area contributed by atoms with E-state index in [2.05, 4.69) is 10.4 Å². The van der Waals surface area contributed by atoms with Crippen LogP contribution in [0, 0.1) is 0 Å². The van der Waals surface area contributed by atoms with Crippen molar-refractivity contribution in [2.45, 2.75) is 19.6 Å². The molecule has 0 saturated heterocycles. The van der Waals surface area contributed by atoms with Crippen LogP contribution in [0.15, 0.2) is 41.8 Å². The topological polar surface area (TPSA) is 28.2 Å². The van der Waals surface area contributed by atoms with Gasteiger partial charge in [-0.1, -0.05) is 23.8 Å². The molecule has 0 spiro atoms. The Balaban J connectivity index is 2.76. The maximum atomic E-state index is 12.8. The minimum Gasteiger partial charge on any atom is -0.301 e. The summed E-state index contributed by atoms with van der Waals surface area (Å²) in [4.78, 5) is 3.71. The lowest BCUT2D eigenvalue weighted by Gasteiger charge is -2.20. The maximum Gasteiger partial charge on any atom is 0.416 e. The number of hydrazine groups is 1. The largest absolute Gasteiger partial charge is 0.416 e. The predicted molar refractivity (Wildman–Crippen MR) is 72.6 cm³/mol. The lowest BCUT2D eigenvalue weighted by atomic mass is 10.1. The first-order chi connectivity index (χ1) is 9.36. The van der Waals surface area contributed by atoms with Gasteiger partial charge in [0, 0.05) is 26.0 Å². The van der Waals surface area contributed by atoms with E-state index < -0.39 is 11.7 Å². The van der Waals surface area contributed by atoms with E-state index >= 15 is 0 Å². The van der Waals surface area contributed by atoms with Crippen LogP contribution < -0.4 is 5.43 Å². The number of halogens is 4. The van der Waals surface area contributed by atoms with E-state index in [9.17, 15) is 13.2 Å². The Morgan fingerprint density at radius 3 is 2.80 bits per heavy atom. The highest BCUT2D eigenvalue weighted by atomic mass is 35.5. The van der Waals surface area contributed by atoms with Crippen LogP contribution in [0.2, 0.25) is 0 Å². The van der Waals surface area contributed by atoms with Crippen LogP contribution in [0.1, 0.15) is 18.1 Å². The number of alkyl halides is 3. The van der Waals surface area contributed by atoms with Crippen molar-refractivity contribution >= 4 is 11.6 Å². The molecule has 3 nitrogen and oxygen atoms in total. The second-order valence-electron chi connectivity index (χ2n) is 3.94. The van der Waals surface area contributed by atoms with Gasteiger partial charge < -0.3 is 5.01 Å². The Morgan fingerprint density at radius 2 is 2.20 bits per heavy atom. The van der Waals surface area contributed by atoms with Crippen molar-refractivity contribution in [3.05, 3.63) is 53.0 Å². The summed E-state index contributed by atoms with van der Waals surface area (Å²) in [7, 11) is 1.62. The average Bonchev–Trinajstić information content (AvgIpc) is 2.41. The summed E-state index contributed by atoms with van der Waals surface area (Å²) in [6.45, 7) is 1.80. The minimum absolute atomic E-state index is 0.0287. The molecule has 1 aromatic rings. The number of allylic oxidation sites excluding steroid dienone is 3. The first-order valence-corrected chi connectivity index (χ1v) is 6.20. The van der Waals surface area contributed by atoms with Crippen LogP contribution in [0.25, 0.3) is 0 Å². The fraction of sp³-hybridized carbons (Fsp3) is 0.308. The van der Waals surface area contributed by atoms with Crippen molar-refractivity contribution in [2.24, 2.45) is 0 Å². The molecule has 20 heavy (non-hydrogen) atoms.